The fourth-order valence-electron chi connectivity index (χ4n) is 3.37. The van der Waals surface area contributed by atoms with E-state index in [1.807, 2.05) is 73.7 Å². The third-order valence-electron chi connectivity index (χ3n) is 4.94. The van der Waals surface area contributed by atoms with Gasteiger partial charge >= 0.3 is 0 Å². The molecule has 0 saturated carbocycles. The Labute approximate surface area is 192 Å². The Kier molecular flexibility index (Phi) is 7.03. The molecule has 0 amide bonds. The van der Waals surface area contributed by atoms with Crippen LogP contribution in [0, 0.1) is 12.7 Å². The van der Waals surface area contributed by atoms with Crippen molar-refractivity contribution in [2.45, 2.75) is 26.4 Å². The summed E-state index contributed by atoms with van der Waals surface area (Å²) >= 11 is 6.14. The minimum absolute atomic E-state index is 0.0628. The highest BCUT2D eigenvalue weighted by Gasteiger charge is 2.16. The molecule has 0 bridgehead atoms. The van der Waals surface area contributed by atoms with Gasteiger partial charge in [0.1, 0.15) is 12.4 Å². The SMILES string of the molecule is Cc1cc(Cl)cc(Oc2cc(OCc3ccccc3)nc(CCc3ccccc3)c2F)c1. The summed E-state index contributed by atoms with van der Waals surface area (Å²) in [6.45, 7) is 2.23. The summed E-state index contributed by atoms with van der Waals surface area (Å²) in [5.74, 6) is 0.341. The second-order valence-electron chi connectivity index (χ2n) is 7.55. The number of nitrogens with zero attached hydrogens (tertiary/aromatic N) is 1. The number of pyridine rings is 1. The number of benzene rings is 3. The zero-order chi connectivity index (χ0) is 22.3. The predicted molar refractivity (Wildman–Crippen MR) is 125 cm³/mol. The molecule has 0 saturated heterocycles. The van der Waals surface area contributed by atoms with Gasteiger partial charge in [0, 0.05) is 11.1 Å². The summed E-state index contributed by atoms with van der Waals surface area (Å²) in [7, 11) is 0. The molecule has 1 heterocycles. The van der Waals surface area contributed by atoms with E-state index in [1.165, 1.54) is 6.07 Å². The molecule has 0 radical (unpaired) electrons. The second-order valence-corrected chi connectivity index (χ2v) is 7.98. The molecule has 0 N–H and O–H groups in total. The lowest BCUT2D eigenvalue weighted by Gasteiger charge is -2.14. The lowest BCUT2D eigenvalue weighted by molar-refractivity contribution is 0.289. The van der Waals surface area contributed by atoms with Crippen LogP contribution in [0.1, 0.15) is 22.4 Å². The third kappa shape index (κ3) is 5.86. The molecular formula is C27H23ClFNO2. The minimum Gasteiger partial charge on any atom is -0.473 e. The van der Waals surface area contributed by atoms with E-state index in [1.54, 1.807) is 12.1 Å². The minimum atomic E-state index is -0.495. The van der Waals surface area contributed by atoms with Crippen molar-refractivity contribution in [3.63, 3.8) is 0 Å². The van der Waals surface area contributed by atoms with Crippen LogP contribution < -0.4 is 9.47 Å². The van der Waals surface area contributed by atoms with Crippen molar-refractivity contribution in [1.82, 2.24) is 4.98 Å². The first-order valence-electron chi connectivity index (χ1n) is 10.4. The summed E-state index contributed by atoms with van der Waals surface area (Å²) < 4.78 is 27.1. The van der Waals surface area contributed by atoms with E-state index in [-0.39, 0.29) is 5.75 Å². The molecule has 3 aromatic carbocycles. The number of ether oxygens (including phenoxy) is 2. The molecule has 0 atom stereocenters. The third-order valence-corrected chi connectivity index (χ3v) is 5.15. The lowest BCUT2D eigenvalue weighted by Crippen LogP contribution is -2.05. The van der Waals surface area contributed by atoms with Crippen LogP contribution in [0.15, 0.2) is 84.9 Å². The number of halogens is 2. The topological polar surface area (TPSA) is 31.4 Å². The van der Waals surface area contributed by atoms with Gasteiger partial charge in [-0.25, -0.2) is 9.37 Å². The highest BCUT2D eigenvalue weighted by molar-refractivity contribution is 6.30. The molecule has 32 heavy (non-hydrogen) atoms. The van der Waals surface area contributed by atoms with E-state index in [2.05, 4.69) is 4.98 Å². The van der Waals surface area contributed by atoms with Crippen LogP contribution in [0.5, 0.6) is 17.4 Å². The monoisotopic (exact) mass is 447 g/mol. The van der Waals surface area contributed by atoms with Crippen molar-refractivity contribution in [3.8, 4) is 17.4 Å². The quantitative estimate of drug-likeness (QED) is 0.283. The average Bonchev–Trinajstić information content (AvgIpc) is 2.79. The Balaban J connectivity index is 1.61. The highest BCUT2D eigenvalue weighted by Crippen LogP contribution is 2.32. The lowest BCUT2D eigenvalue weighted by atomic mass is 10.1. The maximum Gasteiger partial charge on any atom is 0.217 e. The van der Waals surface area contributed by atoms with Gasteiger partial charge in [-0.3, -0.25) is 0 Å². The zero-order valence-corrected chi connectivity index (χ0v) is 18.5. The largest absolute Gasteiger partial charge is 0.473 e. The van der Waals surface area contributed by atoms with Crippen molar-refractivity contribution in [1.29, 1.82) is 0 Å². The molecular weight excluding hydrogens is 425 g/mol. The Morgan fingerprint density at radius 2 is 1.53 bits per heavy atom. The second kappa shape index (κ2) is 10.3. The van der Waals surface area contributed by atoms with Crippen molar-refractivity contribution in [2.24, 2.45) is 0 Å². The molecule has 4 rings (SSSR count). The van der Waals surface area contributed by atoms with Gasteiger partial charge in [0.05, 0.1) is 5.69 Å². The van der Waals surface area contributed by atoms with Crippen molar-refractivity contribution < 1.29 is 13.9 Å². The van der Waals surface area contributed by atoms with Crippen LogP contribution in [0.3, 0.4) is 0 Å². The molecule has 4 aromatic rings. The van der Waals surface area contributed by atoms with E-state index in [0.29, 0.717) is 41.8 Å². The molecule has 0 spiro atoms. The maximum atomic E-state index is 15.3. The Bertz CT molecular complexity index is 1160. The fourth-order valence-corrected chi connectivity index (χ4v) is 3.65. The van der Waals surface area contributed by atoms with Gasteiger partial charge in [0.25, 0.3) is 0 Å². The molecule has 0 aliphatic rings. The van der Waals surface area contributed by atoms with E-state index in [9.17, 15) is 0 Å². The van der Waals surface area contributed by atoms with Crippen LogP contribution in [0.25, 0.3) is 0 Å². The fraction of sp³-hybridized carbons (Fsp3) is 0.148. The molecule has 162 valence electrons. The van der Waals surface area contributed by atoms with Crippen LogP contribution in [0.2, 0.25) is 5.02 Å². The normalized spacial score (nSPS) is 10.7. The Morgan fingerprint density at radius 3 is 2.22 bits per heavy atom. The van der Waals surface area contributed by atoms with E-state index < -0.39 is 5.82 Å². The van der Waals surface area contributed by atoms with E-state index >= 15 is 4.39 Å². The average molecular weight is 448 g/mol. The zero-order valence-electron chi connectivity index (χ0n) is 17.7. The Morgan fingerprint density at radius 1 is 0.844 bits per heavy atom. The molecule has 0 aliphatic carbocycles. The summed E-state index contributed by atoms with van der Waals surface area (Å²) in [6, 6.07) is 26.4. The predicted octanol–water partition coefficient (Wildman–Crippen LogP) is 7.34. The number of rotatable bonds is 8. The van der Waals surface area contributed by atoms with E-state index in [0.717, 1.165) is 16.7 Å². The molecule has 0 aliphatic heterocycles. The van der Waals surface area contributed by atoms with Crippen LogP contribution in [-0.2, 0) is 19.4 Å². The van der Waals surface area contributed by atoms with Gasteiger partial charge in [0.2, 0.25) is 5.88 Å². The Hall–Kier alpha value is -3.37. The molecule has 0 unspecified atom stereocenters. The summed E-state index contributed by atoms with van der Waals surface area (Å²) in [6.07, 6.45) is 1.08. The number of hydrogen-bond donors (Lipinski definition) is 0. The molecule has 0 fully saturated rings. The maximum absolute atomic E-state index is 15.3. The molecule has 3 nitrogen and oxygen atoms in total. The van der Waals surface area contributed by atoms with E-state index in [4.69, 9.17) is 21.1 Å². The summed E-state index contributed by atoms with van der Waals surface area (Å²) in [4.78, 5) is 4.44. The summed E-state index contributed by atoms with van der Waals surface area (Å²) in [5, 5.41) is 0.527. The van der Waals surface area contributed by atoms with Crippen LogP contribution >= 0.6 is 11.6 Å². The first-order chi connectivity index (χ1) is 15.6. The molecule has 5 heteroatoms. The van der Waals surface area contributed by atoms with Crippen LogP contribution in [0.4, 0.5) is 4.39 Å². The first kappa shape index (κ1) is 21.8. The van der Waals surface area contributed by atoms with Gasteiger partial charge in [-0.15, -0.1) is 0 Å². The first-order valence-corrected chi connectivity index (χ1v) is 10.8. The van der Waals surface area contributed by atoms with Gasteiger partial charge in [-0.1, -0.05) is 72.3 Å². The van der Waals surface area contributed by atoms with Crippen molar-refractivity contribution in [3.05, 3.63) is 118 Å². The van der Waals surface area contributed by atoms with Gasteiger partial charge in [-0.05, 0) is 54.7 Å². The van der Waals surface area contributed by atoms with Crippen molar-refractivity contribution >= 4 is 11.6 Å². The van der Waals surface area contributed by atoms with Crippen molar-refractivity contribution in [2.75, 3.05) is 0 Å². The smallest absolute Gasteiger partial charge is 0.217 e. The van der Waals surface area contributed by atoms with Gasteiger partial charge in [0.15, 0.2) is 11.6 Å². The number of aryl methyl sites for hydroxylation is 3. The number of aromatic nitrogens is 1. The van der Waals surface area contributed by atoms with Gasteiger partial charge in [-0.2, -0.15) is 0 Å². The highest BCUT2D eigenvalue weighted by atomic mass is 35.5. The van der Waals surface area contributed by atoms with Gasteiger partial charge < -0.3 is 9.47 Å². The summed E-state index contributed by atoms with van der Waals surface area (Å²) in [5.41, 5.74) is 3.33. The molecule has 1 aromatic heterocycles. The standard InChI is InChI=1S/C27H23ClFNO2/c1-19-14-22(28)16-23(15-19)32-25-17-26(31-18-21-10-6-3-7-11-21)30-24(27(25)29)13-12-20-8-4-2-5-9-20/h2-11,14-17H,12-13,18H2,1H3. The van der Waals surface area contributed by atoms with Crippen LogP contribution in [-0.4, -0.2) is 4.98 Å². The number of hydrogen-bond acceptors (Lipinski definition) is 3.